The van der Waals surface area contributed by atoms with Crippen LogP contribution in [0.1, 0.15) is 11.1 Å². The lowest BCUT2D eigenvalue weighted by molar-refractivity contribution is 0.581. The number of pyridine rings is 1. The van der Waals surface area contributed by atoms with Gasteiger partial charge in [-0.15, -0.1) is 0 Å². The second-order valence-corrected chi connectivity index (χ2v) is 5.98. The predicted octanol–water partition coefficient (Wildman–Crippen LogP) is 0.870. The van der Waals surface area contributed by atoms with Crippen LogP contribution in [0, 0.1) is 11.8 Å². The summed E-state index contributed by atoms with van der Waals surface area (Å²) in [6.07, 6.45) is 3.24. The third-order valence-electron chi connectivity index (χ3n) is 2.72. The number of hydrogen-bond donors (Lipinski definition) is 2. The highest BCUT2D eigenvalue weighted by atomic mass is 32.2. The van der Waals surface area contributed by atoms with E-state index in [2.05, 4.69) is 21.5 Å². The van der Waals surface area contributed by atoms with Crippen molar-refractivity contribution in [2.75, 3.05) is 6.54 Å². The molecule has 5 nitrogen and oxygen atoms in total. The van der Waals surface area contributed by atoms with Crippen molar-refractivity contribution < 1.29 is 8.42 Å². The summed E-state index contributed by atoms with van der Waals surface area (Å²) in [5, 5.41) is 0. The van der Waals surface area contributed by atoms with E-state index in [1.54, 1.807) is 36.7 Å². The predicted molar refractivity (Wildman–Crippen MR) is 80.6 cm³/mol. The van der Waals surface area contributed by atoms with Crippen molar-refractivity contribution in [3.63, 3.8) is 0 Å². The fourth-order valence-corrected chi connectivity index (χ4v) is 2.65. The zero-order valence-electron chi connectivity index (χ0n) is 11.3. The van der Waals surface area contributed by atoms with Crippen LogP contribution in [0.25, 0.3) is 0 Å². The topological polar surface area (TPSA) is 85.1 Å². The van der Waals surface area contributed by atoms with Crippen LogP contribution in [-0.2, 0) is 16.6 Å². The Bertz CT molecular complexity index is 745. The lowest BCUT2D eigenvalue weighted by atomic mass is 10.2. The molecule has 6 heteroatoms. The number of sulfonamides is 1. The first-order chi connectivity index (χ1) is 10.1. The number of benzene rings is 1. The van der Waals surface area contributed by atoms with Crippen LogP contribution < -0.4 is 10.5 Å². The maximum Gasteiger partial charge on any atom is 0.240 e. The molecule has 1 heterocycles. The molecule has 2 rings (SSSR count). The number of rotatable bonds is 4. The molecule has 0 atom stereocenters. The summed E-state index contributed by atoms with van der Waals surface area (Å²) >= 11 is 0. The van der Waals surface area contributed by atoms with E-state index in [1.807, 2.05) is 0 Å². The van der Waals surface area contributed by atoms with Crippen molar-refractivity contribution in [2.24, 2.45) is 5.73 Å². The molecule has 0 spiro atoms. The molecule has 21 heavy (non-hydrogen) atoms. The van der Waals surface area contributed by atoms with Gasteiger partial charge in [0, 0.05) is 24.5 Å². The first kappa shape index (κ1) is 15.2. The minimum Gasteiger partial charge on any atom is -0.320 e. The van der Waals surface area contributed by atoms with Gasteiger partial charge in [0.15, 0.2) is 0 Å². The fourth-order valence-electron chi connectivity index (χ4n) is 1.63. The van der Waals surface area contributed by atoms with Gasteiger partial charge >= 0.3 is 0 Å². The number of nitrogens with one attached hydrogen (secondary N) is 1. The van der Waals surface area contributed by atoms with Crippen LogP contribution in [0.15, 0.2) is 53.7 Å². The zero-order valence-corrected chi connectivity index (χ0v) is 12.1. The van der Waals surface area contributed by atoms with Gasteiger partial charge in [0.25, 0.3) is 0 Å². The van der Waals surface area contributed by atoms with Crippen LogP contribution in [-0.4, -0.2) is 19.9 Å². The van der Waals surface area contributed by atoms with Gasteiger partial charge in [-0.25, -0.2) is 13.1 Å². The molecule has 0 amide bonds. The van der Waals surface area contributed by atoms with Crippen molar-refractivity contribution in [1.82, 2.24) is 9.71 Å². The Labute approximate surface area is 124 Å². The average molecular weight is 301 g/mol. The average Bonchev–Trinajstić information content (AvgIpc) is 2.52. The third kappa shape index (κ3) is 4.39. The Morgan fingerprint density at radius 3 is 2.38 bits per heavy atom. The number of nitrogens with two attached hydrogens (primary N) is 1. The minimum absolute atomic E-state index is 0.204. The molecular weight excluding hydrogens is 286 g/mol. The summed E-state index contributed by atoms with van der Waals surface area (Å²) in [5.74, 6) is 5.56. The van der Waals surface area contributed by atoms with E-state index >= 15 is 0 Å². The molecular formula is C15H15N3O2S. The standard InChI is InChI=1S/C15H15N3O2S/c16-9-1-2-13-3-5-15(6-4-13)21(19,20)18-12-14-7-10-17-11-8-14/h3-8,10-11,18H,9,12,16H2. The van der Waals surface area contributed by atoms with E-state index in [0.29, 0.717) is 0 Å². The van der Waals surface area contributed by atoms with E-state index < -0.39 is 10.0 Å². The molecule has 3 N–H and O–H groups in total. The lowest BCUT2D eigenvalue weighted by Gasteiger charge is -2.06. The molecule has 2 aromatic rings. The van der Waals surface area contributed by atoms with E-state index in [-0.39, 0.29) is 18.0 Å². The Morgan fingerprint density at radius 2 is 1.76 bits per heavy atom. The molecule has 0 radical (unpaired) electrons. The first-order valence-corrected chi connectivity index (χ1v) is 7.78. The summed E-state index contributed by atoms with van der Waals surface area (Å²) in [4.78, 5) is 4.09. The van der Waals surface area contributed by atoms with E-state index in [4.69, 9.17) is 5.73 Å². The lowest BCUT2D eigenvalue weighted by Crippen LogP contribution is -2.23. The van der Waals surface area contributed by atoms with Crippen LogP contribution in [0.4, 0.5) is 0 Å². The van der Waals surface area contributed by atoms with Crippen LogP contribution in [0.2, 0.25) is 0 Å². The third-order valence-corrected chi connectivity index (χ3v) is 4.13. The van der Waals surface area contributed by atoms with E-state index in [1.165, 1.54) is 12.1 Å². The van der Waals surface area contributed by atoms with Gasteiger partial charge in [-0.05, 0) is 42.0 Å². The van der Waals surface area contributed by atoms with Crippen molar-refractivity contribution in [2.45, 2.75) is 11.4 Å². The normalized spacial score (nSPS) is 10.7. The fraction of sp³-hybridized carbons (Fsp3) is 0.133. The van der Waals surface area contributed by atoms with Gasteiger partial charge in [0.05, 0.1) is 11.4 Å². The molecule has 0 saturated heterocycles. The number of hydrogen-bond acceptors (Lipinski definition) is 4. The molecule has 0 aliphatic rings. The molecule has 0 fully saturated rings. The Balaban J connectivity index is 2.09. The van der Waals surface area contributed by atoms with Crippen LogP contribution in [0.3, 0.4) is 0 Å². The monoisotopic (exact) mass is 301 g/mol. The summed E-state index contributed by atoms with van der Waals surface area (Å²) in [5.41, 5.74) is 6.86. The zero-order chi connectivity index (χ0) is 15.1. The van der Waals surface area contributed by atoms with E-state index in [9.17, 15) is 8.42 Å². The van der Waals surface area contributed by atoms with Crippen molar-refractivity contribution in [1.29, 1.82) is 0 Å². The molecule has 1 aromatic heterocycles. The highest BCUT2D eigenvalue weighted by Crippen LogP contribution is 2.10. The molecule has 0 unspecified atom stereocenters. The molecule has 0 saturated carbocycles. The van der Waals surface area contributed by atoms with Gasteiger partial charge in [-0.2, -0.15) is 0 Å². The summed E-state index contributed by atoms with van der Waals surface area (Å²) < 4.78 is 26.8. The summed E-state index contributed by atoms with van der Waals surface area (Å²) in [7, 11) is -3.54. The SMILES string of the molecule is NCC#Cc1ccc(S(=O)(=O)NCc2ccncc2)cc1. The molecule has 1 aromatic carbocycles. The van der Waals surface area contributed by atoms with Crippen molar-refractivity contribution in [3.05, 3.63) is 59.9 Å². The molecule has 108 valence electrons. The Kier molecular flexibility index (Phi) is 5.06. The van der Waals surface area contributed by atoms with Crippen molar-refractivity contribution in [3.8, 4) is 11.8 Å². The highest BCUT2D eigenvalue weighted by Gasteiger charge is 2.13. The maximum atomic E-state index is 12.1. The number of nitrogens with zero attached hydrogens (tertiary/aromatic N) is 1. The maximum absolute atomic E-state index is 12.1. The quantitative estimate of drug-likeness (QED) is 0.821. The first-order valence-electron chi connectivity index (χ1n) is 6.29. The van der Waals surface area contributed by atoms with Crippen LogP contribution in [0.5, 0.6) is 0 Å². The van der Waals surface area contributed by atoms with Gasteiger partial charge in [0.2, 0.25) is 10.0 Å². The Morgan fingerprint density at radius 1 is 1.10 bits per heavy atom. The smallest absolute Gasteiger partial charge is 0.240 e. The largest absolute Gasteiger partial charge is 0.320 e. The summed E-state index contributed by atoms with van der Waals surface area (Å²) in [6, 6.07) is 9.88. The molecule has 0 aliphatic heterocycles. The minimum atomic E-state index is -3.54. The second kappa shape index (κ2) is 6.99. The summed E-state index contributed by atoms with van der Waals surface area (Å²) in [6.45, 7) is 0.493. The van der Waals surface area contributed by atoms with Crippen molar-refractivity contribution >= 4 is 10.0 Å². The molecule has 0 bridgehead atoms. The van der Waals surface area contributed by atoms with Gasteiger partial charge in [0.1, 0.15) is 0 Å². The van der Waals surface area contributed by atoms with E-state index in [0.717, 1.165) is 11.1 Å². The second-order valence-electron chi connectivity index (χ2n) is 4.21. The Hall–Kier alpha value is -2.20. The van der Waals surface area contributed by atoms with Gasteiger partial charge in [-0.1, -0.05) is 11.8 Å². The molecule has 0 aliphatic carbocycles. The number of aromatic nitrogens is 1. The highest BCUT2D eigenvalue weighted by molar-refractivity contribution is 7.89. The van der Waals surface area contributed by atoms with Gasteiger partial charge in [-0.3, -0.25) is 4.98 Å². The van der Waals surface area contributed by atoms with Crippen LogP contribution >= 0.6 is 0 Å². The van der Waals surface area contributed by atoms with Gasteiger partial charge < -0.3 is 5.73 Å².